The van der Waals surface area contributed by atoms with Crippen molar-refractivity contribution in [3.05, 3.63) is 105 Å². The van der Waals surface area contributed by atoms with Crippen LogP contribution in [-0.2, 0) is 4.79 Å². The number of benzene rings is 3. The molecule has 0 radical (unpaired) electrons. The maximum Gasteiger partial charge on any atom is 0.304 e. The number of hydrogen-bond donors (Lipinski definition) is 2. The number of nitrogens with zero attached hydrogens (tertiary/aromatic N) is 1. The van der Waals surface area contributed by atoms with Crippen LogP contribution in [0, 0.1) is 6.92 Å². The molecule has 31 heavy (non-hydrogen) atoms. The average molecular weight is 453 g/mol. The highest BCUT2D eigenvalue weighted by molar-refractivity contribution is 6.30. The monoisotopic (exact) mass is 452 g/mol. The first-order chi connectivity index (χ1) is 14.9. The van der Waals surface area contributed by atoms with Crippen molar-refractivity contribution in [1.82, 2.24) is 10.7 Å². The van der Waals surface area contributed by atoms with Gasteiger partial charge in [0.25, 0.3) is 5.91 Å². The Morgan fingerprint density at radius 1 is 0.968 bits per heavy atom. The lowest BCUT2D eigenvalue weighted by atomic mass is 9.99. The van der Waals surface area contributed by atoms with Crippen LogP contribution in [0.15, 0.2) is 72.8 Å². The third-order valence-electron chi connectivity index (χ3n) is 5.21. The molecule has 156 valence electrons. The second-order valence-electron chi connectivity index (χ2n) is 7.32. The van der Waals surface area contributed by atoms with E-state index in [9.17, 15) is 9.59 Å². The smallest absolute Gasteiger partial charge is 0.304 e. The molecule has 1 heterocycles. The Morgan fingerprint density at radius 2 is 1.58 bits per heavy atom. The van der Waals surface area contributed by atoms with Gasteiger partial charge >= 0.3 is 5.91 Å². The fraction of sp³-hybridized carbons (Fsp3) is 0.125. The summed E-state index contributed by atoms with van der Waals surface area (Å²) in [5.74, 6) is -0.652. The zero-order valence-electron chi connectivity index (χ0n) is 16.7. The van der Waals surface area contributed by atoms with Gasteiger partial charge in [-0.15, -0.1) is 10.1 Å². The van der Waals surface area contributed by atoms with Gasteiger partial charge in [-0.25, -0.2) is 0 Å². The number of halogens is 2. The predicted molar refractivity (Wildman–Crippen MR) is 122 cm³/mol. The minimum Gasteiger partial charge on any atom is -0.334 e. The highest BCUT2D eigenvalue weighted by atomic mass is 35.5. The van der Waals surface area contributed by atoms with Gasteiger partial charge in [0.05, 0.1) is 0 Å². The van der Waals surface area contributed by atoms with Crippen molar-refractivity contribution in [2.75, 3.05) is 0 Å². The molecule has 1 saturated heterocycles. The zero-order valence-corrected chi connectivity index (χ0v) is 18.2. The van der Waals surface area contributed by atoms with Crippen molar-refractivity contribution in [3.63, 3.8) is 0 Å². The molecule has 0 aromatic heterocycles. The van der Waals surface area contributed by atoms with Gasteiger partial charge in [-0.3, -0.25) is 9.59 Å². The van der Waals surface area contributed by atoms with Gasteiger partial charge < -0.3 is 5.32 Å². The van der Waals surface area contributed by atoms with Gasteiger partial charge in [-0.2, -0.15) is 0 Å². The van der Waals surface area contributed by atoms with Crippen molar-refractivity contribution in [2.24, 2.45) is 0 Å². The number of amides is 2. The third kappa shape index (κ3) is 4.63. The molecule has 7 heteroatoms. The normalized spacial score (nSPS) is 19.3. The Bertz CT molecular complexity index is 1160. The number of aryl methyl sites for hydroxylation is 1. The number of carbonyl (C=O) groups excluding carboxylic acids is 2. The Kier molecular flexibility index (Phi) is 6.07. The molecular formula is C24H20Cl2N3O2+. The van der Waals surface area contributed by atoms with Gasteiger partial charge in [0.1, 0.15) is 0 Å². The quantitative estimate of drug-likeness (QED) is 0.579. The lowest BCUT2D eigenvalue weighted by Gasteiger charge is -2.15. The Balaban J connectivity index is 1.71. The van der Waals surface area contributed by atoms with Crippen molar-refractivity contribution in [2.45, 2.75) is 19.0 Å². The Morgan fingerprint density at radius 3 is 2.23 bits per heavy atom. The zero-order chi connectivity index (χ0) is 22.0. The molecule has 2 N–H and O–H groups in total. The van der Waals surface area contributed by atoms with Crippen LogP contribution in [0.25, 0.3) is 0 Å². The molecule has 1 aliphatic rings. The van der Waals surface area contributed by atoms with Crippen molar-refractivity contribution in [3.8, 4) is 0 Å². The molecular weight excluding hydrogens is 433 g/mol. The molecule has 0 saturated carbocycles. The molecule has 0 spiro atoms. The van der Waals surface area contributed by atoms with Crippen LogP contribution in [0.2, 0.25) is 10.0 Å². The van der Waals surface area contributed by atoms with E-state index in [0.717, 1.165) is 16.7 Å². The van der Waals surface area contributed by atoms with Gasteiger partial charge in [0, 0.05) is 26.7 Å². The van der Waals surface area contributed by atoms with Crippen LogP contribution >= 0.6 is 23.2 Å². The van der Waals surface area contributed by atoms with E-state index in [-0.39, 0.29) is 11.8 Å². The largest absolute Gasteiger partial charge is 0.334 e. The molecule has 3 aromatic rings. The number of hydrazine groups is 1. The van der Waals surface area contributed by atoms with Crippen LogP contribution in [0.4, 0.5) is 0 Å². The van der Waals surface area contributed by atoms with Crippen molar-refractivity contribution >= 4 is 41.2 Å². The van der Waals surface area contributed by atoms with Crippen LogP contribution in [-0.4, -0.2) is 28.8 Å². The number of nitrogens with one attached hydrogen (secondary N) is 2. The molecule has 0 bridgehead atoms. The first-order valence-electron chi connectivity index (χ1n) is 9.73. The first kappa shape index (κ1) is 21.1. The highest BCUT2D eigenvalue weighted by Crippen LogP contribution is 2.27. The van der Waals surface area contributed by atoms with Gasteiger partial charge in [-0.05, 0) is 55.0 Å². The molecule has 3 aromatic carbocycles. The molecule has 2 atom stereocenters. The summed E-state index contributed by atoms with van der Waals surface area (Å²) >= 11 is 12.0. The number of hydrazone groups is 1. The van der Waals surface area contributed by atoms with E-state index in [1.54, 1.807) is 41.1 Å². The van der Waals surface area contributed by atoms with E-state index in [1.807, 2.05) is 49.5 Å². The second-order valence-corrected chi connectivity index (χ2v) is 8.20. The molecule has 5 nitrogen and oxygen atoms in total. The summed E-state index contributed by atoms with van der Waals surface area (Å²) in [7, 11) is 0. The van der Waals surface area contributed by atoms with Crippen LogP contribution in [0.5, 0.6) is 0 Å². The molecule has 1 aliphatic heterocycles. The van der Waals surface area contributed by atoms with E-state index < -0.39 is 12.1 Å². The molecule has 1 fully saturated rings. The predicted octanol–water partition coefficient (Wildman–Crippen LogP) is 4.32. The number of rotatable bonds is 4. The summed E-state index contributed by atoms with van der Waals surface area (Å²) in [4.78, 5) is 25.7. The van der Waals surface area contributed by atoms with Gasteiger partial charge in [0.2, 0.25) is 12.3 Å². The highest BCUT2D eigenvalue weighted by Gasteiger charge is 2.47. The standard InChI is InChI=1S/C24H19Cl2N3O2/c1-15-4-2-3-5-18(15)14-29-22(16-6-10-19(25)11-7-16)21(24(31)28-29)27-23(30)17-8-12-20(26)13-9-17/h2-14,21-22H,1H3,(H-,27,28,30,31)/p+1/b29-14-/t21-,22-/m0/s1. The maximum atomic E-state index is 12.9. The van der Waals surface area contributed by atoms with Crippen LogP contribution < -0.4 is 10.7 Å². The fourth-order valence-corrected chi connectivity index (χ4v) is 3.80. The fourth-order valence-electron chi connectivity index (χ4n) is 3.55. The minimum absolute atomic E-state index is 0.299. The number of carbonyl (C=O) groups is 2. The second kappa shape index (κ2) is 8.92. The molecule has 0 unspecified atom stereocenters. The van der Waals surface area contributed by atoms with Crippen LogP contribution in [0.1, 0.15) is 33.1 Å². The lowest BCUT2D eigenvalue weighted by Crippen LogP contribution is -2.42. The van der Waals surface area contributed by atoms with E-state index in [0.29, 0.717) is 15.6 Å². The summed E-state index contributed by atoms with van der Waals surface area (Å²) in [6.07, 6.45) is 1.88. The Labute approximate surface area is 190 Å². The molecule has 4 rings (SSSR count). The van der Waals surface area contributed by atoms with Crippen molar-refractivity contribution in [1.29, 1.82) is 0 Å². The summed E-state index contributed by atoms with van der Waals surface area (Å²) in [6, 6.07) is 20.4. The van der Waals surface area contributed by atoms with Crippen LogP contribution in [0.3, 0.4) is 0 Å². The van der Waals surface area contributed by atoms with Crippen molar-refractivity contribution < 1.29 is 14.3 Å². The first-order valence-corrected chi connectivity index (χ1v) is 10.5. The number of hydrogen-bond acceptors (Lipinski definition) is 2. The lowest BCUT2D eigenvalue weighted by molar-refractivity contribution is -0.596. The topological polar surface area (TPSA) is 61.2 Å². The van der Waals surface area contributed by atoms with E-state index in [2.05, 4.69) is 10.7 Å². The Hall–Kier alpha value is -3.15. The maximum absolute atomic E-state index is 12.9. The summed E-state index contributed by atoms with van der Waals surface area (Å²) in [6.45, 7) is 2.00. The average Bonchev–Trinajstić information content (AvgIpc) is 3.05. The summed E-state index contributed by atoms with van der Waals surface area (Å²) in [5, 5.41) is 4.00. The van der Waals surface area contributed by atoms with E-state index >= 15 is 0 Å². The SMILES string of the molecule is Cc1ccccc1/C=[N+]1\NC(=O)[C@@H](NC(=O)c2ccc(Cl)cc2)[C@@H]1c1ccc(Cl)cc1. The third-order valence-corrected chi connectivity index (χ3v) is 5.71. The van der Waals surface area contributed by atoms with E-state index in [1.165, 1.54) is 0 Å². The summed E-state index contributed by atoms with van der Waals surface area (Å²) in [5.41, 5.74) is 6.18. The molecule has 0 aliphatic carbocycles. The molecule has 2 amide bonds. The van der Waals surface area contributed by atoms with Gasteiger partial charge in [-0.1, -0.05) is 53.5 Å². The van der Waals surface area contributed by atoms with Gasteiger partial charge in [0.15, 0.2) is 6.04 Å². The summed E-state index contributed by atoms with van der Waals surface area (Å²) < 4.78 is 1.74. The van der Waals surface area contributed by atoms with E-state index in [4.69, 9.17) is 23.2 Å². The minimum atomic E-state index is -0.801.